The van der Waals surface area contributed by atoms with Crippen molar-refractivity contribution < 1.29 is 0 Å². The number of hydrogen-bond donors (Lipinski definition) is 1. The fourth-order valence-corrected chi connectivity index (χ4v) is 3.71. The van der Waals surface area contributed by atoms with Gasteiger partial charge in [0, 0.05) is 4.88 Å². The molecule has 0 unspecified atom stereocenters. The Labute approximate surface area is 125 Å². The number of aryl methyl sites for hydroxylation is 1. The average Bonchev–Trinajstić information content (AvgIpc) is 2.97. The monoisotopic (exact) mass is 308 g/mol. The highest BCUT2D eigenvalue weighted by molar-refractivity contribution is 7.71. The van der Waals surface area contributed by atoms with Gasteiger partial charge in [0.1, 0.15) is 0 Å². The molecule has 0 aliphatic rings. The van der Waals surface area contributed by atoms with Gasteiger partial charge in [0.05, 0.1) is 22.6 Å². The number of benzene rings is 1. The maximum Gasteiger partial charge on any atom is 0.178 e. The predicted molar refractivity (Wildman–Crippen MR) is 84.9 cm³/mol. The fraction of sp³-hybridized carbons (Fsp3) is 0.214. The average molecular weight is 309 g/mol. The summed E-state index contributed by atoms with van der Waals surface area (Å²) in [5, 5.41) is 2.85. The number of H-pyrrole nitrogens is 1. The number of hydrogen-bond acceptors (Lipinski definition) is 2. The highest BCUT2D eigenvalue weighted by Crippen LogP contribution is 2.25. The van der Waals surface area contributed by atoms with E-state index in [1.807, 2.05) is 18.2 Å². The van der Waals surface area contributed by atoms with Crippen molar-refractivity contribution in [3.05, 3.63) is 49.9 Å². The standard InChI is InChI=1S/C14H13ClN2S2/c1-2-9-6-7-19-12(9)8-17-11-5-3-4-10(15)13(11)16-14(17)18/h3-7H,2,8H2,1H3,(H,16,18). The number of rotatable bonds is 3. The molecule has 1 N–H and O–H groups in total. The van der Waals surface area contributed by atoms with Gasteiger partial charge in [-0.25, -0.2) is 0 Å². The summed E-state index contributed by atoms with van der Waals surface area (Å²) in [5.74, 6) is 0. The number of aromatic amines is 1. The van der Waals surface area contributed by atoms with Crippen molar-refractivity contribution in [3.8, 4) is 0 Å². The van der Waals surface area contributed by atoms with Gasteiger partial charge in [-0.2, -0.15) is 0 Å². The molecule has 0 bridgehead atoms. The van der Waals surface area contributed by atoms with E-state index in [0.29, 0.717) is 5.02 Å². The molecule has 98 valence electrons. The zero-order chi connectivity index (χ0) is 13.4. The molecule has 0 aliphatic heterocycles. The molecule has 19 heavy (non-hydrogen) atoms. The van der Waals surface area contributed by atoms with Crippen LogP contribution >= 0.6 is 35.2 Å². The largest absolute Gasteiger partial charge is 0.329 e. The fourth-order valence-electron chi connectivity index (χ4n) is 2.27. The molecule has 0 aliphatic carbocycles. The third kappa shape index (κ3) is 2.24. The lowest BCUT2D eigenvalue weighted by atomic mass is 10.2. The summed E-state index contributed by atoms with van der Waals surface area (Å²) in [7, 11) is 0. The van der Waals surface area contributed by atoms with Crippen LogP contribution in [0, 0.1) is 4.77 Å². The van der Waals surface area contributed by atoms with Crippen molar-refractivity contribution in [1.29, 1.82) is 0 Å². The van der Waals surface area contributed by atoms with Gasteiger partial charge < -0.3 is 9.55 Å². The van der Waals surface area contributed by atoms with Crippen LogP contribution in [0.15, 0.2) is 29.6 Å². The first-order chi connectivity index (χ1) is 9.20. The molecule has 5 heteroatoms. The van der Waals surface area contributed by atoms with Gasteiger partial charge >= 0.3 is 0 Å². The maximum absolute atomic E-state index is 6.19. The molecule has 0 saturated heterocycles. The summed E-state index contributed by atoms with van der Waals surface area (Å²) in [6.07, 6.45) is 1.05. The Morgan fingerprint density at radius 2 is 2.21 bits per heavy atom. The van der Waals surface area contributed by atoms with E-state index in [1.165, 1.54) is 10.4 Å². The normalized spacial score (nSPS) is 11.3. The molecule has 1 aromatic carbocycles. The minimum absolute atomic E-state index is 0.712. The second-order valence-corrected chi connectivity index (χ2v) is 6.17. The van der Waals surface area contributed by atoms with Crippen molar-refractivity contribution in [2.75, 3.05) is 0 Å². The Bertz CT molecular complexity index is 782. The van der Waals surface area contributed by atoms with Gasteiger partial charge in [-0.3, -0.25) is 0 Å². The Kier molecular flexibility index (Phi) is 3.48. The minimum atomic E-state index is 0.712. The number of aromatic nitrogens is 2. The first-order valence-electron chi connectivity index (χ1n) is 6.13. The van der Waals surface area contributed by atoms with E-state index in [9.17, 15) is 0 Å². The summed E-state index contributed by atoms with van der Waals surface area (Å²) >= 11 is 13.4. The van der Waals surface area contributed by atoms with E-state index in [1.54, 1.807) is 11.3 Å². The van der Waals surface area contributed by atoms with Crippen molar-refractivity contribution in [3.63, 3.8) is 0 Å². The van der Waals surface area contributed by atoms with Crippen LogP contribution in [0.5, 0.6) is 0 Å². The van der Waals surface area contributed by atoms with E-state index in [4.69, 9.17) is 23.8 Å². The number of thiophene rings is 1. The Morgan fingerprint density at radius 3 is 3.00 bits per heavy atom. The first kappa shape index (κ1) is 12.9. The third-order valence-electron chi connectivity index (χ3n) is 3.28. The van der Waals surface area contributed by atoms with Crippen LogP contribution in [0.1, 0.15) is 17.4 Å². The topological polar surface area (TPSA) is 20.7 Å². The van der Waals surface area contributed by atoms with Gasteiger partial charge in [-0.05, 0) is 47.8 Å². The molecule has 0 saturated carbocycles. The van der Waals surface area contributed by atoms with Crippen LogP contribution in [-0.2, 0) is 13.0 Å². The Morgan fingerprint density at radius 1 is 1.37 bits per heavy atom. The van der Waals surface area contributed by atoms with Gasteiger partial charge in [0.2, 0.25) is 0 Å². The van der Waals surface area contributed by atoms with Gasteiger partial charge in [0.25, 0.3) is 0 Å². The SMILES string of the molecule is CCc1ccsc1Cn1c(=S)[nH]c2c(Cl)cccc21. The lowest BCUT2D eigenvalue weighted by Gasteiger charge is -2.05. The predicted octanol–water partition coefficient (Wildman–Crippen LogP) is 5.02. The summed E-state index contributed by atoms with van der Waals surface area (Å²) < 4.78 is 2.83. The van der Waals surface area contributed by atoms with Crippen molar-refractivity contribution in [2.24, 2.45) is 0 Å². The summed E-state index contributed by atoms with van der Waals surface area (Å²) in [6, 6.07) is 8.07. The minimum Gasteiger partial charge on any atom is -0.329 e. The van der Waals surface area contributed by atoms with Crippen LogP contribution in [0.25, 0.3) is 11.0 Å². The van der Waals surface area contributed by atoms with Crippen LogP contribution in [0.4, 0.5) is 0 Å². The molecular weight excluding hydrogens is 296 g/mol. The van der Waals surface area contributed by atoms with Crippen molar-refractivity contribution >= 4 is 46.2 Å². The maximum atomic E-state index is 6.19. The molecule has 2 heterocycles. The number of nitrogens with one attached hydrogen (secondary N) is 1. The quantitative estimate of drug-likeness (QED) is 0.673. The van der Waals surface area contributed by atoms with Crippen LogP contribution in [0.3, 0.4) is 0 Å². The van der Waals surface area contributed by atoms with E-state index in [-0.39, 0.29) is 0 Å². The molecule has 0 fully saturated rings. The molecule has 2 nitrogen and oxygen atoms in total. The van der Waals surface area contributed by atoms with Crippen LogP contribution < -0.4 is 0 Å². The lowest BCUT2D eigenvalue weighted by Crippen LogP contribution is -1.99. The zero-order valence-corrected chi connectivity index (χ0v) is 12.8. The summed E-state index contributed by atoms with van der Waals surface area (Å²) in [5.41, 5.74) is 3.38. The first-order valence-corrected chi connectivity index (χ1v) is 7.79. The number of halogens is 1. The molecule has 0 atom stereocenters. The second kappa shape index (κ2) is 5.12. The van der Waals surface area contributed by atoms with Gasteiger partial charge in [-0.15, -0.1) is 11.3 Å². The smallest absolute Gasteiger partial charge is 0.178 e. The molecule has 3 rings (SSSR count). The molecule has 3 aromatic rings. The van der Waals surface area contributed by atoms with E-state index in [2.05, 4.69) is 27.9 Å². The van der Waals surface area contributed by atoms with E-state index >= 15 is 0 Å². The zero-order valence-electron chi connectivity index (χ0n) is 10.4. The van der Waals surface area contributed by atoms with Crippen molar-refractivity contribution in [1.82, 2.24) is 9.55 Å². The number of fused-ring (bicyclic) bond motifs is 1. The molecule has 0 spiro atoms. The van der Waals surface area contributed by atoms with Gasteiger partial charge in [0.15, 0.2) is 4.77 Å². The van der Waals surface area contributed by atoms with E-state index < -0.39 is 0 Å². The van der Waals surface area contributed by atoms with Crippen molar-refractivity contribution in [2.45, 2.75) is 19.9 Å². The van der Waals surface area contributed by atoms with Gasteiger partial charge in [-0.1, -0.05) is 24.6 Å². The molecular formula is C14H13ClN2S2. The molecule has 0 amide bonds. The summed E-state index contributed by atoms with van der Waals surface area (Å²) in [4.78, 5) is 4.56. The lowest BCUT2D eigenvalue weighted by molar-refractivity contribution is 0.814. The number of imidazole rings is 1. The third-order valence-corrected chi connectivity index (χ3v) is 4.87. The highest BCUT2D eigenvalue weighted by atomic mass is 35.5. The summed E-state index contributed by atoms with van der Waals surface area (Å²) in [6.45, 7) is 2.98. The van der Waals surface area contributed by atoms with E-state index in [0.717, 1.165) is 28.8 Å². The second-order valence-electron chi connectivity index (χ2n) is 4.37. The number of nitrogens with zero attached hydrogens (tertiary/aromatic N) is 1. The van der Waals surface area contributed by atoms with Crippen LogP contribution in [0.2, 0.25) is 5.02 Å². The molecule has 2 aromatic heterocycles. The Balaban J connectivity index is 2.13. The van der Waals surface area contributed by atoms with Crippen LogP contribution in [-0.4, -0.2) is 9.55 Å². The Hall–Kier alpha value is -1.10. The number of para-hydroxylation sites is 1. The highest BCUT2D eigenvalue weighted by Gasteiger charge is 2.10. The molecule has 0 radical (unpaired) electrons.